The van der Waals surface area contributed by atoms with Crippen molar-refractivity contribution in [1.29, 1.82) is 0 Å². The average Bonchev–Trinajstić information content (AvgIpc) is 3.08. The summed E-state index contributed by atoms with van der Waals surface area (Å²) < 4.78 is 14.5. The number of nitrogens with two attached hydrogens (primary N) is 1. The molecule has 3 heteroatoms. The summed E-state index contributed by atoms with van der Waals surface area (Å²) >= 11 is 0. The predicted octanol–water partition coefficient (Wildman–Crippen LogP) is 3.87. The smallest absolute Gasteiger partial charge is 0.146 e. The number of rotatable bonds is 4. The van der Waals surface area contributed by atoms with E-state index in [9.17, 15) is 4.39 Å². The fourth-order valence-corrected chi connectivity index (χ4v) is 4.21. The summed E-state index contributed by atoms with van der Waals surface area (Å²) in [6.07, 6.45) is 8.52. The second-order valence-electron chi connectivity index (χ2n) is 6.91. The Morgan fingerprint density at radius 2 is 2.00 bits per heavy atom. The Morgan fingerprint density at radius 1 is 1.24 bits per heavy atom. The Balaban J connectivity index is 1.78. The molecule has 1 saturated heterocycles. The molecule has 1 aliphatic carbocycles. The maximum Gasteiger partial charge on any atom is 0.146 e. The molecule has 2 aliphatic rings. The van der Waals surface area contributed by atoms with Crippen molar-refractivity contribution in [2.45, 2.75) is 64.0 Å². The van der Waals surface area contributed by atoms with Crippen molar-refractivity contribution < 1.29 is 4.39 Å². The van der Waals surface area contributed by atoms with Gasteiger partial charge in [0.05, 0.1) is 5.69 Å². The van der Waals surface area contributed by atoms with Crippen LogP contribution in [0, 0.1) is 11.7 Å². The van der Waals surface area contributed by atoms with Crippen LogP contribution in [0.4, 0.5) is 10.1 Å². The third-order valence-corrected chi connectivity index (χ3v) is 5.12. The van der Waals surface area contributed by atoms with E-state index in [0.29, 0.717) is 6.04 Å². The second kappa shape index (κ2) is 6.35. The van der Waals surface area contributed by atoms with E-state index in [-0.39, 0.29) is 11.9 Å². The van der Waals surface area contributed by atoms with Crippen LogP contribution in [-0.2, 0) is 6.42 Å². The van der Waals surface area contributed by atoms with Gasteiger partial charge in [0.1, 0.15) is 5.82 Å². The first-order valence-corrected chi connectivity index (χ1v) is 8.46. The third-order valence-electron chi connectivity index (χ3n) is 5.12. The molecule has 2 unspecified atom stereocenters. The first kappa shape index (κ1) is 14.8. The molecule has 0 amide bonds. The molecular formula is C18H27FN2. The Kier molecular flexibility index (Phi) is 4.48. The minimum absolute atomic E-state index is 0.0713. The fourth-order valence-electron chi connectivity index (χ4n) is 4.21. The topological polar surface area (TPSA) is 29.3 Å². The van der Waals surface area contributed by atoms with Crippen molar-refractivity contribution in [2.75, 3.05) is 11.4 Å². The van der Waals surface area contributed by atoms with Gasteiger partial charge in [0.25, 0.3) is 0 Å². The molecule has 1 aromatic rings. The Bertz CT molecular complexity index is 480. The monoisotopic (exact) mass is 290 g/mol. The maximum absolute atomic E-state index is 14.5. The Labute approximate surface area is 127 Å². The van der Waals surface area contributed by atoms with Crippen LogP contribution in [-0.4, -0.2) is 18.6 Å². The van der Waals surface area contributed by atoms with E-state index in [1.165, 1.54) is 38.5 Å². The Hall–Kier alpha value is -1.09. The molecule has 2 nitrogen and oxygen atoms in total. The van der Waals surface area contributed by atoms with Gasteiger partial charge in [-0.2, -0.15) is 0 Å². The van der Waals surface area contributed by atoms with Crippen molar-refractivity contribution in [3.05, 3.63) is 29.6 Å². The number of benzene rings is 1. The Morgan fingerprint density at radius 3 is 2.67 bits per heavy atom. The van der Waals surface area contributed by atoms with Crippen LogP contribution >= 0.6 is 0 Å². The van der Waals surface area contributed by atoms with Crippen LogP contribution in [0.15, 0.2) is 18.2 Å². The van der Waals surface area contributed by atoms with Gasteiger partial charge in [-0.1, -0.05) is 18.9 Å². The molecule has 2 fully saturated rings. The van der Waals surface area contributed by atoms with Gasteiger partial charge < -0.3 is 10.6 Å². The standard InChI is InChI=1S/C18H27FN2/c1-13(20)11-14-8-9-18(16(19)12-14)21-10-4-7-17(21)15-5-2-3-6-15/h8-9,12-13,15,17H,2-7,10-11,20H2,1H3. The highest BCUT2D eigenvalue weighted by atomic mass is 19.1. The number of hydrogen-bond acceptors (Lipinski definition) is 2. The zero-order valence-electron chi connectivity index (χ0n) is 13.0. The first-order valence-electron chi connectivity index (χ1n) is 8.46. The number of nitrogens with zero attached hydrogens (tertiary/aromatic N) is 1. The van der Waals surface area contributed by atoms with Gasteiger partial charge in [-0.3, -0.25) is 0 Å². The number of anilines is 1. The highest BCUT2D eigenvalue weighted by molar-refractivity contribution is 5.51. The van der Waals surface area contributed by atoms with E-state index in [2.05, 4.69) is 4.90 Å². The van der Waals surface area contributed by atoms with E-state index >= 15 is 0 Å². The summed E-state index contributed by atoms with van der Waals surface area (Å²) in [6.45, 7) is 2.97. The summed E-state index contributed by atoms with van der Waals surface area (Å²) in [4.78, 5) is 2.33. The zero-order valence-corrected chi connectivity index (χ0v) is 13.0. The molecule has 2 N–H and O–H groups in total. The normalized spacial score (nSPS) is 24.7. The van der Waals surface area contributed by atoms with Crippen molar-refractivity contribution in [2.24, 2.45) is 11.7 Å². The van der Waals surface area contributed by atoms with Crippen LogP contribution in [0.2, 0.25) is 0 Å². The second-order valence-corrected chi connectivity index (χ2v) is 6.91. The molecule has 0 aromatic heterocycles. The van der Waals surface area contributed by atoms with Crippen LogP contribution in [0.3, 0.4) is 0 Å². The van der Waals surface area contributed by atoms with E-state index in [1.54, 1.807) is 6.07 Å². The summed E-state index contributed by atoms with van der Waals surface area (Å²) in [5.41, 5.74) is 7.61. The van der Waals surface area contributed by atoms with Crippen LogP contribution < -0.4 is 10.6 Å². The highest BCUT2D eigenvalue weighted by Gasteiger charge is 2.34. The quantitative estimate of drug-likeness (QED) is 0.912. The summed E-state index contributed by atoms with van der Waals surface area (Å²) in [6, 6.07) is 6.34. The first-order chi connectivity index (χ1) is 10.1. The summed E-state index contributed by atoms with van der Waals surface area (Å²) in [7, 11) is 0. The molecule has 0 radical (unpaired) electrons. The fraction of sp³-hybridized carbons (Fsp3) is 0.667. The lowest BCUT2D eigenvalue weighted by atomic mass is 9.95. The minimum Gasteiger partial charge on any atom is -0.366 e. The maximum atomic E-state index is 14.5. The summed E-state index contributed by atoms with van der Waals surface area (Å²) in [5.74, 6) is 0.702. The lowest BCUT2D eigenvalue weighted by Gasteiger charge is -2.31. The molecule has 2 atom stereocenters. The van der Waals surface area contributed by atoms with E-state index in [1.807, 2.05) is 19.1 Å². The van der Waals surface area contributed by atoms with Crippen molar-refractivity contribution in [3.63, 3.8) is 0 Å². The molecule has 1 aliphatic heterocycles. The van der Waals surface area contributed by atoms with Gasteiger partial charge in [-0.05, 0) is 62.6 Å². The third kappa shape index (κ3) is 3.23. The van der Waals surface area contributed by atoms with Crippen LogP contribution in [0.25, 0.3) is 0 Å². The van der Waals surface area contributed by atoms with Gasteiger partial charge in [0, 0.05) is 18.6 Å². The number of halogens is 1. The predicted molar refractivity (Wildman–Crippen MR) is 86.1 cm³/mol. The van der Waals surface area contributed by atoms with Crippen LogP contribution in [0.5, 0.6) is 0 Å². The molecule has 3 rings (SSSR count). The zero-order chi connectivity index (χ0) is 14.8. The summed E-state index contributed by atoms with van der Waals surface area (Å²) in [5, 5.41) is 0. The van der Waals surface area contributed by atoms with Crippen LogP contribution in [0.1, 0.15) is 51.0 Å². The molecule has 116 valence electrons. The van der Waals surface area contributed by atoms with Gasteiger partial charge in [0.2, 0.25) is 0 Å². The average molecular weight is 290 g/mol. The molecule has 21 heavy (non-hydrogen) atoms. The van der Waals surface area contributed by atoms with Gasteiger partial charge in [-0.15, -0.1) is 0 Å². The molecule has 1 heterocycles. The van der Waals surface area contributed by atoms with E-state index in [0.717, 1.165) is 30.1 Å². The lowest BCUT2D eigenvalue weighted by Crippen LogP contribution is -2.35. The van der Waals surface area contributed by atoms with Gasteiger partial charge >= 0.3 is 0 Å². The minimum atomic E-state index is -0.0713. The lowest BCUT2D eigenvalue weighted by molar-refractivity contribution is 0.427. The number of hydrogen-bond donors (Lipinski definition) is 1. The SMILES string of the molecule is CC(N)Cc1ccc(N2CCCC2C2CCCC2)c(F)c1. The van der Waals surface area contributed by atoms with E-state index in [4.69, 9.17) is 5.73 Å². The van der Waals surface area contributed by atoms with Gasteiger partial charge in [0.15, 0.2) is 0 Å². The van der Waals surface area contributed by atoms with Crippen molar-refractivity contribution in [1.82, 2.24) is 0 Å². The van der Waals surface area contributed by atoms with Crippen molar-refractivity contribution in [3.8, 4) is 0 Å². The van der Waals surface area contributed by atoms with E-state index < -0.39 is 0 Å². The highest BCUT2D eigenvalue weighted by Crippen LogP contribution is 2.38. The molecule has 1 saturated carbocycles. The molecule has 1 aromatic carbocycles. The largest absolute Gasteiger partial charge is 0.366 e. The molecule has 0 spiro atoms. The van der Waals surface area contributed by atoms with Crippen molar-refractivity contribution >= 4 is 5.69 Å². The molecular weight excluding hydrogens is 263 g/mol. The van der Waals surface area contributed by atoms with Gasteiger partial charge in [-0.25, -0.2) is 4.39 Å². The molecule has 0 bridgehead atoms.